The van der Waals surface area contributed by atoms with Gasteiger partial charge in [-0.05, 0) is 12.1 Å². The van der Waals surface area contributed by atoms with Crippen LogP contribution in [0.15, 0.2) is 22.8 Å². The highest BCUT2D eigenvalue weighted by Gasteiger charge is 2.43. The molecule has 0 amide bonds. The third-order valence-corrected chi connectivity index (χ3v) is 2.63. The van der Waals surface area contributed by atoms with Crippen LogP contribution in [0.3, 0.4) is 0 Å². The van der Waals surface area contributed by atoms with Crippen LogP contribution in [0.4, 0.5) is 0 Å². The van der Waals surface area contributed by atoms with Crippen molar-refractivity contribution in [1.29, 1.82) is 0 Å². The lowest BCUT2D eigenvalue weighted by Crippen LogP contribution is -2.49. The van der Waals surface area contributed by atoms with Gasteiger partial charge in [-0.2, -0.15) is 0 Å². The van der Waals surface area contributed by atoms with E-state index >= 15 is 0 Å². The molecule has 1 aromatic rings. The van der Waals surface area contributed by atoms with Crippen molar-refractivity contribution in [1.82, 2.24) is 0 Å². The van der Waals surface area contributed by atoms with E-state index in [2.05, 4.69) is 0 Å². The number of ether oxygens (including phenoxy) is 1. The molecule has 2 rings (SSSR count). The Kier molecular flexibility index (Phi) is 2.14. The molecule has 72 valence electrons. The monoisotopic (exact) mass is 182 g/mol. The largest absolute Gasteiger partial charge is 0.469 e. The summed E-state index contributed by atoms with van der Waals surface area (Å²) < 4.78 is 10.3. The van der Waals surface area contributed by atoms with Crippen LogP contribution in [0.5, 0.6) is 0 Å². The molecule has 0 radical (unpaired) electrons. The van der Waals surface area contributed by atoms with Crippen molar-refractivity contribution < 1.29 is 14.3 Å². The minimum Gasteiger partial charge on any atom is -0.469 e. The van der Waals surface area contributed by atoms with E-state index in [0.717, 1.165) is 5.76 Å². The van der Waals surface area contributed by atoms with Crippen LogP contribution >= 0.6 is 0 Å². The zero-order valence-electron chi connectivity index (χ0n) is 7.69. The molecule has 3 nitrogen and oxygen atoms in total. The Hall–Kier alpha value is -0.800. The lowest BCUT2D eigenvalue weighted by molar-refractivity contribution is -0.128. The van der Waals surface area contributed by atoms with Gasteiger partial charge >= 0.3 is 0 Å². The molecule has 1 aromatic heterocycles. The fourth-order valence-corrected chi connectivity index (χ4v) is 1.84. The van der Waals surface area contributed by atoms with Crippen molar-refractivity contribution in [2.75, 3.05) is 7.11 Å². The molecule has 0 aliphatic heterocycles. The summed E-state index contributed by atoms with van der Waals surface area (Å²) in [7, 11) is 1.68. The van der Waals surface area contributed by atoms with E-state index in [1.54, 1.807) is 13.4 Å². The molecule has 0 atom stereocenters. The van der Waals surface area contributed by atoms with Crippen molar-refractivity contribution >= 4 is 0 Å². The van der Waals surface area contributed by atoms with Gasteiger partial charge in [0.15, 0.2) is 0 Å². The second kappa shape index (κ2) is 3.16. The highest BCUT2D eigenvalue weighted by atomic mass is 16.5. The van der Waals surface area contributed by atoms with Crippen LogP contribution in [0.25, 0.3) is 0 Å². The number of aliphatic hydroxyl groups is 1. The van der Waals surface area contributed by atoms with Gasteiger partial charge in [0.25, 0.3) is 0 Å². The van der Waals surface area contributed by atoms with Gasteiger partial charge in [-0.25, -0.2) is 0 Å². The SMILES string of the molecule is COC1CC(O)(Cc2ccco2)C1. The zero-order chi connectivity index (χ0) is 9.31. The average molecular weight is 182 g/mol. The molecule has 0 bridgehead atoms. The van der Waals surface area contributed by atoms with Crippen molar-refractivity contribution in [2.24, 2.45) is 0 Å². The molecule has 0 saturated heterocycles. The number of rotatable bonds is 3. The minimum absolute atomic E-state index is 0.222. The molecule has 1 aliphatic rings. The number of furan rings is 1. The first-order chi connectivity index (χ1) is 6.22. The Morgan fingerprint density at radius 3 is 3.00 bits per heavy atom. The fraction of sp³-hybridized carbons (Fsp3) is 0.600. The van der Waals surface area contributed by atoms with Crippen molar-refractivity contribution in [3.05, 3.63) is 24.2 Å². The second-order valence-electron chi connectivity index (χ2n) is 3.75. The lowest BCUT2D eigenvalue weighted by Gasteiger charge is -2.42. The summed E-state index contributed by atoms with van der Waals surface area (Å²) in [6, 6.07) is 3.73. The zero-order valence-corrected chi connectivity index (χ0v) is 7.69. The maximum Gasteiger partial charge on any atom is 0.106 e. The molecule has 1 saturated carbocycles. The van der Waals surface area contributed by atoms with Crippen LogP contribution in [-0.4, -0.2) is 23.9 Å². The van der Waals surface area contributed by atoms with Crippen LogP contribution < -0.4 is 0 Å². The van der Waals surface area contributed by atoms with E-state index in [4.69, 9.17) is 9.15 Å². The maximum atomic E-state index is 9.94. The quantitative estimate of drug-likeness (QED) is 0.767. The van der Waals surface area contributed by atoms with E-state index in [1.165, 1.54) is 0 Å². The summed E-state index contributed by atoms with van der Waals surface area (Å²) in [5.41, 5.74) is -0.599. The normalized spacial score (nSPS) is 32.9. The van der Waals surface area contributed by atoms with Crippen LogP contribution in [0.1, 0.15) is 18.6 Å². The third-order valence-electron chi connectivity index (χ3n) is 2.63. The van der Waals surface area contributed by atoms with Gasteiger partial charge < -0.3 is 14.3 Å². The van der Waals surface area contributed by atoms with Gasteiger partial charge in [0, 0.05) is 26.4 Å². The van der Waals surface area contributed by atoms with E-state index in [0.29, 0.717) is 19.3 Å². The average Bonchev–Trinajstić information content (AvgIpc) is 2.52. The highest BCUT2D eigenvalue weighted by molar-refractivity contribution is 5.07. The number of hydrogen-bond acceptors (Lipinski definition) is 3. The highest BCUT2D eigenvalue weighted by Crippen LogP contribution is 2.36. The molecule has 1 N–H and O–H groups in total. The summed E-state index contributed by atoms with van der Waals surface area (Å²) in [5.74, 6) is 0.844. The van der Waals surface area contributed by atoms with Crippen LogP contribution in [0, 0.1) is 0 Å². The lowest BCUT2D eigenvalue weighted by atomic mass is 9.75. The number of methoxy groups -OCH3 is 1. The predicted octanol–water partition coefficient (Wildman–Crippen LogP) is 1.36. The standard InChI is InChI=1S/C10H14O3/c1-12-9-6-10(11,7-9)5-8-3-2-4-13-8/h2-4,9,11H,5-7H2,1H3. The molecule has 3 heteroatoms. The Morgan fingerprint density at radius 1 is 1.69 bits per heavy atom. The predicted molar refractivity (Wildman–Crippen MR) is 47.4 cm³/mol. The maximum absolute atomic E-state index is 9.94. The van der Waals surface area contributed by atoms with Gasteiger partial charge in [-0.15, -0.1) is 0 Å². The molecule has 1 heterocycles. The molecule has 1 aliphatic carbocycles. The van der Waals surface area contributed by atoms with Crippen LogP contribution in [0.2, 0.25) is 0 Å². The Morgan fingerprint density at radius 2 is 2.46 bits per heavy atom. The molecular formula is C10H14O3. The van der Waals surface area contributed by atoms with Gasteiger partial charge in [-0.1, -0.05) is 0 Å². The van der Waals surface area contributed by atoms with E-state index in [9.17, 15) is 5.11 Å². The Balaban J connectivity index is 1.90. The number of hydrogen-bond donors (Lipinski definition) is 1. The van der Waals surface area contributed by atoms with Crippen molar-refractivity contribution in [3.63, 3.8) is 0 Å². The van der Waals surface area contributed by atoms with Gasteiger partial charge in [-0.3, -0.25) is 0 Å². The smallest absolute Gasteiger partial charge is 0.106 e. The summed E-state index contributed by atoms with van der Waals surface area (Å²) >= 11 is 0. The first-order valence-corrected chi connectivity index (χ1v) is 4.49. The fourth-order valence-electron chi connectivity index (χ4n) is 1.84. The Labute approximate surface area is 77.3 Å². The summed E-state index contributed by atoms with van der Waals surface area (Å²) in [4.78, 5) is 0. The molecule has 0 unspecified atom stereocenters. The molecular weight excluding hydrogens is 168 g/mol. The van der Waals surface area contributed by atoms with Gasteiger partial charge in [0.2, 0.25) is 0 Å². The summed E-state index contributed by atoms with van der Waals surface area (Å²) in [6.07, 6.45) is 3.87. The summed E-state index contributed by atoms with van der Waals surface area (Å²) in [6.45, 7) is 0. The van der Waals surface area contributed by atoms with Crippen molar-refractivity contribution in [2.45, 2.75) is 31.0 Å². The topological polar surface area (TPSA) is 42.6 Å². The van der Waals surface area contributed by atoms with E-state index in [1.807, 2.05) is 12.1 Å². The summed E-state index contributed by atoms with van der Waals surface area (Å²) in [5, 5.41) is 9.94. The van der Waals surface area contributed by atoms with Crippen LogP contribution in [-0.2, 0) is 11.2 Å². The second-order valence-corrected chi connectivity index (χ2v) is 3.75. The van der Waals surface area contributed by atoms with Gasteiger partial charge in [0.1, 0.15) is 5.76 Å². The molecule has 0 spiro atoms. The van der Waals surface area contributed by atoms with E-state index < -0.39 is 5.60 Å². The van der Waals surface area contributed by atoms with E-state index in [-0.39, 0.29) is 6.10 Å². The minimum atomic E-state index is -0.599. The first kappa shape index (κ1) is 8.78. The third kappa shape index (κ3) is 1.76. The Bertz CT molecular complexity index is 260. The van der Waals surface area contributed by atoms with Crippen molar-refractivity contribution in [3.8, 4) is 0 Å². The molecule has 0 aromatic carbocycles. The molecule has 13 heavy (non-hydrogen) atoms. The first-order valence-electron chi connectivity index (χ1n) is 4.49. The molecule has 1 fully saturated rings. The van der Waals surface area contributed by atoms with Gasteiger partial charge in [0.05, 0.1) is 18.0 Å².